The number of hydrogen-bond acceptors (Lipinski definition) is 3. The molecule has 1 N–H and O–H groups in total. The zero-order valence-corrected chi connectivity index (χ0v) is 11.9. The summed E-state index contributed by atoms with van der Waals surface area (Å²) in [5.74, 6) is 0.195. The van der Waals surface area contributed by atoms with Crippen LogP contribution in [0.4, 0.5) is 0 Å². The van der Waals surface area contributed by atoms with Crippen molar-refractivity contribution in [1.29, 1.82) is 0 Å². The lowest BCUT2D eigenvalue weighted by molar-refractivity contribution is 0.0432. The van der Waals surface area contributed by atoms with Gasteiger partial charge in [-0.3, -0.25) is 4.68 Å². The monoisotopic (exact) mass is 272 g/mol. The molecule has 0 aliphatic carbocycles. The third-order valence-corrected chi connectivity index (χ3v) is 4.27. The summed E-state index contributed by atoms with van der Waals surface area (Å²) in [5.41, 5.74) is 1.82. The van der Waals surface area contributed by atoms with Gasteiger partial charge >= 0.3 is 0 Å². The number of hydrogen-bond donors (Lipinski definition) is 1. The van der Waals surface area contributed by atoms with E-state index < -0.39 is 6.10 Å². The Morgan fingerprint density at radius 3 is 2.83 bits per heavy atom. The summed E-state index contributed by atoms with van der Waals surface area (Å²) >= 11 is 6.29. The third kappa shape index (κ3) is 2.56. The van der Waals surface area contributed by atoms with Crippen LogP contribution in [0.5, 0.6) is 0 Å². The fraction of sp³-hybridized carbons (Fsp3) is 0.769. The number of rotatable bonds is 4. The van der Waals surface area contributed by atoms with E-state index >= 15 is 0 Å². The molecule has 0 saturated carbocycles. The van der Waals surface area contributed by atoms with E-state index in [2.05, 4.69) is 5.10 Å². The van der Waals surface area contributed by atoms with Gasteiger partial charge in [-0.05, 0) is 19.8 Å². The van der Waals surface area contributed by atoms with E-state index in [0.717, 1.165) is 30.8 Å². The van der Waals surface area contributed by atoms with Gasteiger partial charge < -0.3 is 9.84 Å². The van der Waals surface area contributed by atoms with E-state index in [9.17, 15) is 5.11 Å². The van der Waals surface area contributed by atoms with Crippen LogP contribution < -0.4 is 0 Å². The highest BCUT2D eigenvalue weighted by Crippen LogP contribution is 2.28. The van der Waals surface area contributed by atoms with Crippen molar-refractivity contribution in [2.24, 2.45) is 13.0 Å². The molecule has 4 nitrogen and oxygen atoms in total. The van der Waals surface area contributed by atoms with Crippen molar-refractivity contribution in [2.75, 3.05) is 6.61 Å². The first-order chi connectivity index (χ1) is 8.54. The standard InChI is InChI=1S/C13H21ClN2O2/c1-4-10-13(14)11(16(3)15-10)7-12(17)9-5-6-18-8(9)2/h8-9,12,17H,4-7H2,1-3H3. The highest BCUT2D eigenvalue weighted by atomic mass is 35.5. The minimum atomic E-state index is -0.417. The Hall–Kier alpha value is -0.580. The van der Waals surface area contributed by atoms with Gasteiger partial charge in [0.2, 0.25) is 0 Å². The Morgan fingerprint density at radius 1 is 1.61 bits per heavy atom. The van der Waals surface area contributed by atoms with Crippen molar-refractivity contribution in [3.8, 4) is 0 Å². The maximum absolute atomic E-state index is 10.3. The molecule has 2 heterocycles. The summed E-state index contributed by atoms with van der Waals surface area (Å²) in [6.07, 6.45) is 1.97. The zero-order chi connectivity index (χ0) is 13.3. The van der Waals surface area contributed by atoms with Gasteiger partial charge in [0.25, 0.3) is 0 Å². The molecule has 0 aromatic carbocycles. The molecule has 3 unspecified atom stereocenters. The van der Waals surface area contributed by atoms with Gasteiger partial charge in [-0.25, -0.2) is 0 Å². The van der Waals surface area contributed by atoms with Gasteiger partial charge in [-0.1, -0.05) is 18.5 Å². The molecule has 0 amide bonds. The summed E-state index contributed by atoms with van der Waals surface area (Å²) in [6, 6.07) is 0. The van der Waals surface area contributed by atoms with Crippen LogP contribution in [0.15, 0.2) is 0 Å². The zero-order valence-electron chi connectivity index (χ0n) is 11.2. The predicted octanol–water partition coefficient (Wildman–Crippen LogP) is 1.96. The lowest BCUT2D eigenvalue weighted by atomic mass is 9.92. The van der Waals surface area contributed by atoms with E-state index in [-0.39, 0.29) is 12.0 Å². The third-order valence-electron chi connectivity index (χ3n) is 3.83. The number of aliphatic hydroxyl groups is 1. The highest BCUT2D eigenvalue weighted by Gasteiger charge is 2.32. The van der Waals surface area contributed by atoms with E-state index in [1.165, 1.54) is 0 Å². The van der Waals surface area contributed by atoms with Gasteiger partial charge in [0.1, 0.15) is 0 Å². The second kappa shape index (κ2) is 5.59. The maximum Gasteiger partial charge on any atom is 0.0850 e. The minimum absolute atomic E-state index is 0.123. The number of aromatic nitrogens is 2. The summed E-state index contributed by atoms with van der Waals surface area (Å²) < 4.78 is 7.28. The van der Waals surface area contributed by atoms with Crippen LogP contribution in [0.3, 0.4) is 0 Å². The summed E-state index contributed by atoms with van der Waals surface area (Å²) in [6.45, 7) is 4.78. The van der Waals surface area contributed by atoms with E-state index in [1.54, 1.807) is 4.68 Å². The summed E-state index contributed by atoms with van der Waals surface area (Å²) in [4.78, 5) is 0. The van der Waals surface area contributed by atoms with Crippen LogP contribution in [0, 0.1) is 5.92 Å². The van der Waals surface area contributed by atoms with Gasteiger partial charge in [0.05, 0.1) is 28.6 Å². The first kappa shape index (κ1) is 13.8. The van der Waals surface area contributed by atoms with Crippen LogP contribution in [-0.4, -0.2) is 33.7 Å². The number of aryl methyl sites for hydroxylation is 2. The molecular weight excluding hydrogens is 252 g/mol. The van der Waals surface area contributed by atoms with Crippen molar-refractivity contribution in [3.63, 3.8) is 0 Å². The largest absolute Gasteiger partial charge is 0.392 e. The Kier molecular flexibility index (Phi) is 4.30. The first-order valence-electron chi connectivity index (χ1n) is 6.54. The average Bonchev–Trinajstić information content (AvgIpc) is 2.87. The molecular formula is C13H21ClN2O2. The molecule has 1 fully saturated rings. The molecule has 18 heavy (non-hydrogen) atoms. The Morgan fingerprint density at radius 2 is 2.33 bits per heavy atom. The molecule has 5 heteroatoms. The van der Waals surface area contributed by atoms with E-state index in [1.807, 2.05) is 20.9 Å². The molecule has 1 aliphatic rings. The molecule has 0 spiro atoms. The fourth-order valence-electron chi connectivity index (χ4n) is 2.64. The first-order valence-corrected chi connectivity index (χ1v) is 6.92. The second-order valence-electron chi connectivity index (χ2n) is 4.98. The molecule has 0 radical (unpaired) electrons. The molecule has 3 atom stereocenters. The normalized spacial score (nSPS) is 25.6. The van der Waals surface area contributed by atoms with Crippen LogP contribution >= 0.6 is 11.6 Å². The Bertz CT molecular complexity index is 419. The highest BCUT2D eigenvalue weighted by molar-refractivity contribution is 6.31. The van der Waals surface area contributed by atoms with Gasteiger partial charge in [0, 0.05) is 26.0 Å². The quantitative estimate of drug-likeness (QED) is 0.912. The summed E-state index contributed by atoms with van der Waals surface area (Å²) in [5, 5.41) is 15.4. The van der Waals surface area contributed by atoms with Crippen LogP contribution in [0.1, 0.15) is 31.7 Å². The molecule has 1 saturated heterocycles. The van der Waals surface area contributed by atoms with Crippen molar-refractivity contribution < 1.29 is 9.84 Å². The fourth-order valence-corrected chi connectivity index (χ4v) is 3.02. The Balaban J connectivity index is 2.11. The van der Waals surface area contributed by atoms with Crippen molar-refractivity contribution >= 4 is 11.6 Å². The van der Waals surface area contributed by atoms with Crippen LogP contribution in [0.2, 0.25) is 5.02 Å². The smallest absolute Gasteiger partial charge is 0.0850 e. The van der Waals surface area contributed by atoms with Gasteiger partial charge in [0.15, 0.2) is 0 Å². The molecule has 1 aromatic heterocycles. The number of halogens is 1. The van der Waals surface area contributed by atoms with Gasteiger partial charge in [-0.15, -0.1) is 0 Å². The lowest BCUT2D eigenvalue weighted by Gasteiger charge is -2.21. The molecule has 1 aliphatic heterocycles. The topological polar surface area (TPSA) is 47.3 Å². The predicted molar refractivity (Wildman–Crippen MR) is 70.8 cm³/mol. The number of ether oxygens (including phenoxy) is 1. The summed E-state index contributed by atoms with van der Waals surface area (Å²) in [7, 11) is 1.88. The Labute approximate surface area is 113 Å². The van der Waals surface area contributed by atoms with Crippen molar-refractivity contribution in [3.05, 3.63) is 16.4 Å². The van der Waals surface area contributed by atoms with Crippen LogP contribution in [0.25, 0.3) is 0 Å². The average molecular weight is 273 g/mol. The molecule has 102 valence electrons. The molecule has 2 rings (SSSR count). The van der Waals surface area contributed by atoms with E-state index in [4.69, 9.17) is 16.3 Å². The number of nitrogens with zero attached hydrogens (tertiary/aromatic N) is 2. The van der Waals surface area contributed by atoms with Gasteiger partial charge in [-0.2, -0.15) is 5.10 Å². The number of aliphatic hydroxyl groups excluding tert-OH is 1. The van der Waals surface area contributed by atoms with Crippen LogP contribution in [-0.2, 0) is 24.6 Å². The molecule has 0 bridgehead atoms. The van der Waals surface area contributed by atoms with Crippen molar-refractivity contribution in [1.82, 2.24) is 9.78 Å². The minimum Gasteiger partial charge on any atom is -0.392 e. The van der Waals surface area contributed by atoms with E-state index in [0.29, 0.717) is 11.4 Å². The SMILES string of the molecule is CCc1nn(C)c(CC(O)C2CCOC2C)c1Cl. The molecule has 1 aromatic rings. The second-order valence-corrected chi connectivity index (χ2v) is 5.36. The van der Waals surface area contributed by atoms with Crippen molar-refractivity contribution in [2.45, 2.75) is 45.3 Å². The lowest BCUT2D eigenvalue weighted by Crippen LogP contribution is -2.29. The maximum atomic E-state index is 10.3.